The first-order valence-electron chi connectivity index (χ1n) is 8.23. The molecule has 0 aliphatic carbocycles. The summed E-state index contributed by atoms with van der Waals surface area (Å²) in [6.07, 6.45) is 1.50. The van der Waals surface area contributed by atoms with Gasteiger partial charge in [0.2, 0.25) is 5.91 Å². The molecule has 3 rings (SSSR count). The molecule has 3 heteroatoms. The van der Waals surface area contributed by atoms with Crippen LogP contribution in [0.15, 0.2) is 54.6 Å². The molecule has 120 valence electrons. The van der Waals surface area contributed by atoms with Gasteiger partial charge < -0.3 is 9.80 Å². The number of benzene rings is 2. The molecule has 0 spiro atoms. The molecule has 1 aliphatic rings. The maximum atomic E-state index is 12.9. The molecule has 1 heterocycles. The summed E-state index contributed by atoms with van der Waals surface area (Å²) in [6.45, 7) is 1.61. The second kappa shape index (κ2) is 6.97. The fraction of sp³-hybridized carbons (Fsp3) is 0.350. The summed E-state index contributed by atoms with van der Waals surface area (Å²) in [7, 11) is 4.09. The van der Waals surface area contributed by atoms with Gasteiger partial charge in [0.1, 0.15) is 0 Å². The molecule has 0 saturated heterocycles. The quantitative estimate of drug-likeness (QED) is 0.865. The zero-order valence-electron chi connectivity index (χ0n) is 13.9. The summed E-state index contributed by atoms with van der Waals surface area (Å²) in [6, 6.07) is 18.7. The highest BCUT2D eigenvalue weighted by atomic mass is 16.2. The molecule has 0 bridgehead atoms. The summed E-state index contributed by atoms with van der Waals surface area (Å²) in [5, 5.41) is 0. The van der Waals surface area contributed by atoms with Crippen LogP contribution in [0.4, 0.5) is 5.69 Å². The number of fused-ring (bicyclic) bond motifs is 1. The van der Waals surface area contributed by atoms with Crippen LogP contribution in [0, 0.1) is 0 Å². The van der Waals surface area contributed by atoms with E-state index in [1.165, 1.54) is 11.1 Å². The van der Waals surface area contributed by atoms with Gasteiger partial charge in [0, 0.05) is 25.2 Å². The number of likely N-dealkylation sites (N-methyl/N-ethyl adjacent to an activating group) is 1. The number of carbonyl (C=O) groups excluding carboxylic acids is 1. The minimum absolute atomic E-state index is 0.227. The molecule has 0 fully saturated rings. The van der Waals surface area contributed by atoms with Crippen LogP contribution in [-0.4, -0.2) is 38.0 Å². The predicted octanol–water partition coefficient (Wildman–Crippen LogP) is 3.31. The zero-order chi connectivity index (χ0) is 16.2. The molecular weight excluding hydrogens is 284 g/mol. The summed E-state index contributed by atoms with van der Waals surface area (Å²) in [5.74, 6) is 0.486. The highest BCUT2D eigenvalue weighted by Gasteiger charge is 2.28. The molecule has 0 N–H and O–H groups in total. The lowest BCUT2D eigenvalue weighted by Gasteiger charge is -2.24. The van der Waals surface area contributed by atoms with E-state index in [2.05, 4.69) is 47.4 Å². The van der Waals surface area contributed by atoms with Crippen molar-refractivity contribution in [2.45, 2.75) is 18.8 Å². The van der Waals surface area contributed by atoms with E-state index in [0.717, 1.165) is 25.2 Å². The third kappa shape index (κ3) is 3.62. The Hall–Kier alpha value is -2.13. The van der Waals surface area contributed by atoms with Gasteiger partial charge in [0.25, 0.3) is 0 Å². The monoisotopic (exact) mass is 308 g/mol. The van der Waals surface area contributed by atoms with Crippen molar-refractivity contribution in [2.75, 3.05) is 32.1 Å². The largest absolute Gasteiger partial charge is 0.311 e. The summed E-state index contributed by atoms with van der Waals surface area (Å²) >= 11 is 0. The Morgan fingerprint density at radius 2 is 1.70 bits per heavy atom. The van der Waals surface area contributed by atoms with Crippen molar-refractivity contribution in [2.24, 2.45) is 0 Å². The van der Waals surface area contributed by atoms with Crippen molar-refractivity contribution < 1.29 is 4.79 Å². The Balaban J connectivity index is 1.93. The Morgan fingerprint density at radius 1 is 1.00 bits per heavy atom. The van der Waals surface area contributed by atoms with Crippen molar-refractivity contribution >= 4 is 11.6 Å². The molecule has 1 amide bonds. The second-order valence-corrected chi connectivity index (χ2v) is 6.49. The van der Waals surface area contributed by atoms with E-state index in [1.54, 1.807) is 0 Å². The minimum atomic E-state index is 0.227. The lowest BCUT2D eigenvalue weighted by Crippen LogP contribution is -2.36. The van der Waals surface area contributed by atoms with Crippen molar-refractivity contribution in [1.82, 2.24) is 4.90 Å². The Morgan fingerprint density at radius 3 is 2.43 bits per heavy atom. The Labute approximate surface area is 138 Å². The van der Waals surface area contributed by atoms with E-state index < -0.39 is 0 Å². The van der Waals surface area contributed by atoms with Crippen LogP contribution in [0.5, 0.6) is 0 Å². The molecule has 0 radical (unpaired) electrons. The van der Waals surface area contributed by atoms with E-state index in [0.29, 0.717) is 6.42 Å². The summed E-state index contributed by atoms with van der Waals surface area (Å²) in [4.78, 5) is 17.0. The van der Waals surface area contributed by atoms with Gasteiger partial charge in [-0.25, -0.2) is 0 Å². The molecule has 2 aromatic carbocycles. The van der Waals surface area contributed by atoms with Crippen LogP contribution < -0.4 is 4.90 Å². The topological polar surface area (TPSA) is 23.6 Å². The Kier molecular flexibility index (Phi) is 4.77. The van der Waals surface area contributed by atoms with Gasteiger partial charge in [-0.3, -0.25) is 4.79 Å². The van der Waals surface area contributed by atoms with Crippen LogP contribution in [0.1, 0.15) is 23.5 Å². The summed E-state index contributed by atoms with van der Waals surface area (Å²) < 4.78 is 0. The SMILES string of the molecule is CN(C)CCN1C(=O)C[C@H](c2ccccc2)Cc2ccccc21. The predicted molar refractivity (Wildman–Crippen MR) is 94.9 cm³/mol. The second-order valence-electron chi connectivity index (χ2n) is 6.49. The fourth-order valence-corrected chi connectivity index (χ4v) is 3.25. The van der Waals surface area contributed by atoms with E-state index >= 15 is 0 Å². The van der Waals surface area contributed by atoms with Gasteiger partial charge in [0.15, 0.2) is 0 Å². The lowest BCUT2D eigenvalue weighted by molar-refractivity contribution is -0.118. The average molecular weight is 308 g/mol. The molecule has 1 atom stereocenters. The number of amides is 1. The molecule has 0 aromatic heterocycles. The first kappa shape index (κ1) is 15.8. The van der Waals surface area contributed by atoms with E-state index in [4.69, 9.17) is 0 Å². The van der Waals surface area contributed by atoms with Crippen LogP contribution >= 0.6 is 0 Å². The first-order valence-corrected chi connectivity index (χ1v) is 8.23. The highest BCUT2D eigenvalue weighted by Crippen LogP contribution is 2.34. The van der Waals surface area contributed by atoms with Gasteiger partial charge >= 0.3 is 0 Å². The number of carbonyl (C=O) groups is 1. The number of rotatable bonds is 4. The maximum absolute atomic E-state index is 12.9. The van der Waals surface area contributed by atoms with Gasteiger partial charge in [-0.15, -0.1) is 0 Å². The zero-order valence-corrected chi connectivity index (χ0v) is 13.9. The minimum Gasteiger partial charge on any atom is -0.311 e. The van der Waals surface area contributed by atoms with Crippen LogP contribution in [-0.2, 0) is 11.2 Å². The van der Waals surface area contributed by atoms with E-state index in [9.17, 15) is 4.79 Å². The average Bonchev–Trinajstić information content (AvgIpc) is 2.70. The van der Waals surface area contributed by atoms with E-state index in [-0.39, 0.29) is 11.8 Å². The molecule has 0 unspecified atom stereocenters. The van der Waals surface area contributed by atoms with Gasteiger partial charge in [-0.1, -0.05) is 48.5 Å². The van der Waals surface area contributed by atoms with Crippen LogP contribution in [0.2, 0.25) is 0 Å². The maximum Gasteiger partial charge on any atom is 0.227 e. The Bertz CT molecular complexity index is 666. The number of nitrogens with zero attached hydrogens (tertiary/aromatic N) is 2. The number of anilines is 1. The molecule has 2 aromatic rings. The van der Waals surface area contributed by atoms with Crippen molar-refractivity contribution in [1.29, 1.82) is 0 Å². The van der Waals surface area contributed by atoms with Gasteiger partial charge in [-0.2, -0.15) is 0 Å². The van der Waals surface area contributed by atoms with E-state index in [1.807, 2.05) is 31.1 Å². The van der Waals surface area contributed by atoms with Crippen LogP contribution in [0.3, 0.4) is 0 Å². The first-order chi connectivity index (χ1) is 11.1. The summed E-state index contributed by atoms with van der Waals surface area (Å²) in [5.41, 5.74) is 3.61. The van der Waals surface area contributed by atoms with Gasteiger partial charge in [0.05, 0.1) is 0 Å². The lowest BCUT2D eigenvalue weighted by atomic mass is 9.90. The highest BCUT2D eigenvalue weighted by molar-refractivity contribution is 5.95. The van der Waals surface area contributed by atoms with Crippen molar-refractivity contribution in [3.8, 4) is 0 Å². The number of para-hydroxylation sites is 1. The standard InChI is InChI=1S/C20H24N2O/c1-21(2)12-13-22-19-11-7-6-10-17(19)14-18(15-20(22)23)16-8-4-3-5-9-16/h3-11,18H,12-15H2,1-2H3/t18-/m1/s1. The molecule has 3 nitrogen and oxygen atoms in total. The van der Waals surface area contributed by atoms with Crippen molar-refractivity contribution in [3.05, 3.63) is 65.7 Å². The number of hydrogen-bond donors (Lipinski definition) is 0. The normalized spacial score (nSPS) is 18.0. The fourth-order valence-electron chi connectivity index (χ4n) is 3.25. The third-order valence-electron chi connectivity index (χ3n) is 4.51. The van der Waals surface area contributed by atoms with Crippen LogP contribution in [0.25, 0.3) is 0 Å². The number of hydrogen-bond acceptors (Lipinski definition) is 2. The molecular formula is C20H24N2O. The molecule has 1 aliphatic heterocycles. The van der Waals surface area contributed by atoms with Gasteiger partial charge in [-0.05, 0) is 43.6 Å². The smallest absolute Gasteiger partial charge is 0.227 e. The third-order valence-corrected chi connectivity index (χ3v) is 4.51. The molecule has 23 heavy (non-hydrogen) atoms. The molecule has 0 saturated carbocycles. The van der Waals surface area contributed by atoms with Crippen molar-refractivity contribution in [3.63, 3.8) is 0 Å².